The zero-order valence-corrected chi connectivity index (χ0v) is 15.7. The number of carbonyl (C=O) groups is 3. The van der Waals surface area contributed by atoms with Gasteiger partial charge in [-0.2, -0.15) is 0 Å². The Hall–Kier alpha value is -2.93. The second-order valence-electron chi connectivity index (χ2n) is 6.84. The first-order valence-corrected chi connectivity index (χ1v) is 8.33. The molecule has 1 aromatic carbocycles. The van der Waals surface area contributed by atoms with E-state index in [2.05, 4.69) is 11.8 Å². The molecule has 0 heterocycles. The lowest BCUT2D eigenvalue weighted by molar-refractivity contribution is -0.150. The fourth-order valence-corrected chi connectivity index (χ4v) is 3.37. The summed E-state index contributed by atoms with van der Waals surface area (Å²) in [5, 5.41) is 0. The number of ether oxygens (including phenoxy) is 1. The average molecular weight is 350 g/mol. The molecule has 1 unspecified atom stereocenters. The molecule has 1 aliphatic rings. The van der Waals surface area contributed by atoms with Crippen LogP contribution in [0.15, 0.2) is 53.1 Å². The molecule has 1 aromatic rings. The van der Waals surface area contributed by atoms with Crippen LogP contribution >= 0.6 is 0 Å². The molecular formula is C22H22O4. The van der Waals surface area contributed by atoms with Gasteiger partial charge in [0.2, 0.25) is 11.4 Å². The number of allylic oxidation sites excluding steroid dienone is 2. The second-order valence-corrected chi connectivity index (χ2v) is 6.84. The van der Waals surface area contributed by atoms with Crippen molar-refractivity contribution < 1.29 is 19.1 Å². The highest BCUT2D eigenvalue weighted by atomic mass is 16.5. The second kappa shape index (κ2) is 7.13. The fraction of sp³-hybridized carbons (Fsp3) is 0.318. The number of hydrogen-bond donors (Lipinski definition) is 0. The van der Waals surface area contributed by atoms with Gasteiger partial charge in [-0.3, -0.25) is 14.4 Å². The summed E-state index contributed by atoms with van der Waals surface area (Å²) in [5.74, 6) is 5.56. The lowest BCUT2D eigenvalue weighted by Crippen LogP contribution is -2.58. The van der Waals surface area contributed by atoms with E-state index in [1.807, 2.05) is 6.07 Å². The fourth-order valence-electron chi connectivity index (χ4n) is 3.37. The van der Waals surface area contributed by atoms with Crippen LogP contribution in [0.1, 0.15) is 34.6 Å². The molecule has 0 aromatic heterocycles. The van der Waals surface area contributed by atoms with Crippen LogP contribution in [0.4, 0.5) is 0 Å². The summed E-state index contributed by atoms with van der Waals surface area (Å²) in [6, 6.07) is 8.82. The highest BCUT2D eigenvalue weighted by Crippen LogP contribution is 2.50. The largest absolute Gasteiger partial charge is 0.470 e. The van der Waals surface area contributed by atoms with Crippen molar-refractivity contribution in [2.24, 2.45) is 5.41 Å². The number of aldehydes is 1. The standard InChI is InChI=1S/C22H22O4/c1-15(13-14-23)11-12-19-16(2)20(25)22(17(3)24,21(19,4)5)26-18-9-7-6-8-10-18/h6-10,13-14H,1-5H3. The van der Waals surface area contributed by atoms with E-state index in [1.165, 1.54) is 13.0 Å². The van der Waals surface area contributed by atoms with E-state index in [1.54, 1.807) is 52.0 Å². The third kappa shape index (κ3) is 3.01. The lowest BCUT2D eigenvalue weighted by Gasteiger charge is -2.38. The third-order valence-corrected chi connectivity index (χ3v) is 4.75. The minimum absolute atomic E-state index is 0.368. The summed E-state index contributed by atoms with van der Waals surface area (Å²) in [5.41, 5.74) is -1.08. The first-order valence-electron chi connectivity index (χ1n) is 8.33. The summed E-state index contributed by atoms with van der Waals surface area (Å²) < 4.78 is 6.03. The van der Waals surface area contributed by atoms with Gasteiger partial charge in [0.15, 0.2) is 5.78 Å². The van der Waals surface area contributed by atoms with Crippen LogP contribution in [0.25, 0.3) is 0 Å². The van der Waals surface area contributed by atoms with E-state index in [4.69, 9.17) is 4.74 Å². The molecule has 1 aliphatic carbocycles. The Morgan fingerprint density at radius 3 is 2.31 bits per heavy atom. The molecule has 26 heavy (non-hydrogen) atoms. The van der Waals surface area contributed by atoms with Gasteiger partial charge in [0.25, 0.3) is 0 Å². The summed E-state index contributed by atoms with van der Waals surface area (Å²) in [6.45, 7) is 8.30. The highest BCUT2D eigenvalue weighted by molar-refractivity contribution is 6.21. The Morgan fingerprint density at radius 2 is 1.77 bits per heavy atom. The van der Waals surface area contributed by atoms with Gasteiger partial charge >= 0.3 is 0 Å². The Labute approximate surface area is 153 Å². The number of Topliss-reactive ketones (excluding diaryl/α,β-unsaturated/α-hetero) is 2. The Balaban J connectivity index is 2.60. The van der Waals surface area contributed by atoms with Crippen molar-refractivity contribution in [3.05, 3.63) is 53.1 Å². The van der Waals surface area contributed by atoms with Crippen LogP contribution in [0.2, 0.25) is 0 Å². The van der Waals surface area contributed by atoms with Gasteiger partial charge in [0, 0.05) is 16.7 Å². The SMILES string of the molecule is CC(=O)C1(Oc2ccccc2)C(=O)C(C)=C(C#CC(C)=CC=O)C1(C)C. The third-order valence-electron chi connectivity index (χ3n) is 4.75. The number of hydrogen-bond acceptors (Lipinski definition) is 4. The smallest absolute Gasteiger partial charge is 0.237 e. The van der Waals surface area contributed by atoms with Crippen molar-refractivity contribution in [1.29, 1.82) is 0 Å². The quantitative estimate of drug-likeness (QED) is 0.361. The van der Waals surface area contributed by atoms with Crippen LogP contribution in [0.3, 0.4) is 0 Å². The van der Waals surface area contributed by atoms with Crippen LogP contribution in [-0.4, -0.2) is 23.5 Å². The van der Waals surface area contributed by atoms with Crippen molar-refractivity contribution >= 4 is 17.9 Å². The van der Waals surface area contributed by atoms with E-state index in [0.29, 0.717) is 28.8 Å². The lowest BCUT2D eigenvalue weighted by atomic mass is 9.71. The maximum absolute atomic E-state index is 13.1. The zero-order valence-electron chi connectivity index (χ0n) is 15.7. The molecule has 0 saturated carbocycles. The Kier molecular flexibility index (Phi) is 5.32. The minimum atomic E-state index is -1.66. The number of ketones is 2. The average Bonchev–Trinajstić information content (AvgIpc) is 2.72. The number of carbonyl (C=O) groups excluding carboxylic acids is 3. The van der Waals surface area contributed by atoms with E-state index in [0.717, 1.165) is 0 Å². The summed E-state index contributed by atoms with van der Waals surface area (Å²) in [4.78, 5) is 36.4. The predicted octanol–water partition coefficient (Wildman–Crippen LogP) is 3.47. The molecular weight excluding hydrogens is 328 g/mol. The molecule has 1 atom stereocenters. The molecule has 0 spiro atoms. The molecule has 0 amide bonds. The number of para-hydroxylation sites is 1. The molecule has 4 nitrogen and oxygen atoms in total. The van der Waals surface area contributed by atoms with Gasteiger partial charge in [-0.1, -0.05) is 43.9 Å². The molecule has 0 fully saturated rings. The normalized spacial score (nSPS) is 21.9. The monoisotopic (exact) mass is 350 g/mol. The molecule has 134 valence electrons. The Bertz CT molecular complexity index is 876. The van der Waals surface area contributed by atoms with Gasteiger partial charge < -0.3 is 4.74 Å². The molecule has 4 heteroatoms. The number of benzene rings is 1. The molecule has 0 N–H and O–H groups in total. The van der Waals surface area contributed by atoms with Gasteiger partial charge in [0.05, 0.1) is 5.41 Å². The van der Waals surface area contributed by atoms with Gasteiger partial charge in [-0.25, -0.2) is 0 Å². The molecule has 0 aliphatic heterocycles. The van der Waals surface area contributed by atoms with E-state index >= 15 is 0 Å². The van der Waals surface area contributed by atoms with Gasteiger partial charge in [0.1, 0.15) is 12.0 Å². The van der Waals surface area contributed by atoms with E-state index < -0.39 is 11.0 Å². The maximum Gasteiger partial charge on any atom is 0.237 e. The predicted molar refractivity (Wildman–Crippen MR) is 99.6 cm³/mol. The summed E-state index contributed by atoms with van der Waals surface area (Å²) in [6.07, 6.45) is 2.01. The van der Waals surface area contributed by atoms with Crippen LogP contribution in [-0.2, 0) is 14.4 Å². The summed E-state index contributed by atoms with van der Waals surface area (Å²) >= 11 is 0. The number of rotatable bonds is 4. The van der Waals surface area contributed by atoms with Crippen LogP contribution in [0.5, 0.6) is 5.75 Å². The molecule has 0 saturated heterocycles. The first-order chi connectivity index (χ1) is 12.2. The summed E-state index contributed by atoms with van der Waals surface area (Å²) in [7, 11) is 0. The topological polar surface area (TPSA) is 60.4 Å². The highest BCUT2D eigenvalue weighted by Gasteiger charge is 2.64. The van der Waals surface area contributed by atoms with Gasteiger partial charge in [-0.05, 0) is 39.0 Å². The maximum atomic E-state index is 13.1. The van der Waals surface area contributed by atoms with E-state index in [9.17, 15) is 14.4 Å². The van der Waals surface area contributed by atoms with Crippen molar-refractivity contribution in [3.8, 4) is 17.6 Å². The van der Waals surface area contributed by atoms with Crippen LogP contribution < -0.4 is 4.74 Å². The van der Waals surface area contributed by atoms with Crippen LogP contribution in [0, 0.1) is 17.3 Å². The molecule has 2 rings (SSSR count). The zero-order chi connectivity index (χ0) is 19.5. The molecule has 0 radical (unpaired) electrons. The van der Waals surface area contributed by atoms with Crippen molar-refractivity contribution in [2.45, 2.75) is 40.2 Å². The van der Waals surface area contributed by atoms with Crippen molar-refractivity contribution in [1.82, 2.24) is 0 Å². The van der Waals surface area contributed by atoms with Crippen molar-refractivity contribution in [2.75, 3.05) is 0 Å². The van der Waals surface area contributed by atoms with E-state index in [-0.39, 0.29) is 11.6 Å². The minimum Gasteiger partial charge on any atom is -0.470 e. The molecule has 0 bridgehead atoms. The first kappa shape index (κ1) is 19.4. The Morgan fingerprint density at radius 1 is 1.15 bits per heavy atom. The van der Waals surface area contributed by atoms with Crippen molar-refractivity contribution in [3.63, 3.8) is 0 Å². The van der Waals surface area contributed by atoms with Gasteiger partial charge in [-0.15, -0.1) is 0 Å².